The van der Waals surface area contributed by atoms with Crippen LogP contribution in [0.4, 0.5) is 0 Å². The molecule has 0 saturated heterocycles. The maximum atomic E-state index is 13.6. The smallest absolute Gasteiger partial charge is 0.326 e. The zero-order valence-electron chi connectivity index (χ0n) is 31.0. The molecule has 1 rings (SSSR count). The van der Waals surface area contributed by atoms with Crippen molar-refractivity contribution in [3.63, 3.8) is 0 Å². The lowest BCUT2D eigenvalue weighted by atomic mass is 9.94. The highest BCUT2D eigenvalue weighted by molar-refractivity contribution is 6.42. The van der Waals surface area contributed by atoms with Gasteiger partial charge in [-0.2, -0.15) is 0 Å². The Labute approximate surface area is 319 Å². The van der Waals surface area contributed by atoms with Crippen LogP contribution in [0.5, 0.6) is 0 Å². The summed E-state index contributed by atoms with van der Waals surface area (Å²) in [5.74, 6) is -8.14. The van der Waals surface area contributed by atoms with Crippen molar-refractivity contribution < 1.29 is 48.6 Å². The summed E-state index contributed by atoms with van der Waals surface area (Å²) < 4.78 is 0. The second kappa shape index (κ2) is 21.3. The van der Waals surface area contributed by atoms with Gasteiger partial charge in [0.1, 0.15) is 30.2 Å². The number of hydrogen-bond donors (Lipinski definition) is 8. The number of nitrogens with one attached hydrogen (secondary N) is 5. The number of carboxylic acids is 2. The SMILES string of the molecule is CC(C)C[C@H](NC(=O)[C@H](CC(=O)O)NC(=O)[C@H](CC(C)C)NC(=O)[C@H](CCC(N)=O)NC(=O)C(C)(C)C)C(=O)N[C@@H](Cc1ccc(Cl)c(Cl)c1)C(=O)O. The van der Waals surface area contributed by atoms with Crippen LogP contribution in [0.2, 0.25) is 10.0 Å². The van der Waals surface area contributed by atoms with E-state index in [0.29, 0.717) is 5.56 Å². The highest BCUT2D eigenvalue weighted by Gasteiger charge is 2.35. The van der Waals surface area contributed by atoms with E-state index in [-0.39, 0.29) is 54.0 Å². The summed E-state index contributed by atoms with van der Waals surface area (Å²) in [4.78, 5) is 102. The van der Waals surface area contributed by atoms with Gasteiger partial charge in [0.2, 0.25) is 35.4 Å². The summed E-state index contributed by atoms with van der Waals surface area (Å²) in [5.41, 5.74) is 4.82. The van der Waals surface area contributed by atoms with Crippen LogP contribution in [0.1, 0.15) is 86.1 Å². The monoisotopic (exact) mass is 786 g/mol. The number of hydrogen-bond acceptors (Lipinski definition) is 8. The molecule has 9 N–H and O–H groups in total. The minimum Gasteiger partial charge on any atom is -0.481 e. The van der Waals surface area contributed by atoms with Crippen LogP contribution >= 0.6 is 23.2 Å². The van der Waals surface area contributed by atoms with E-state index in [4.69, 9.17) is 28.9 Å². The molecule has 16 nitrogen and oxygen atoms in total. The van der Waals surface area contributed by atoms with Gasteiger partial charge in [-0.25, -0.2) is 4.79 Å². The Bertz CT molecular complexity index is 1510. The summed E-state index contributed by atoms with van der Waals surface area (Å²) in [6, 6.07) is -2.61. The van der Waals surface area contributed by atoms with Crippen molar-refractivity contribution >= 4 is 70.6 Å². The number of primary amides is 1. The van der Waals surface area contributed by atoms with E-state index in [2.05, 4.69) is 26.6 Å². The van der Waals surface area contributed by atoms with Crippen molar-refractivity contribution in [1.82, 2.24) is 26.6 Å². The number of amides is 6. The quantitative estimate of drug-likeness (QED) is 0.0898. The maximum Gasteiger partial charge on any atom is 0.326 e. The number of carbonyl (C=O) groups is 8. The number of aliphatic carboxylic acids is 2. The fraction of sp³-hybridized carbons (Fsp3) is 0.600. The first-order chi connectivity index (χ1) is 24.4. The Kier molecular flexibility index (Phi) is 18.7. The molecule has 53 heavy (non-hydrogen) atoms. The molecule has 1 aromatic rings. The molecular formula is C35H52Cl2N6O10. The first-order valence-electron chi connectivity index (χ1n) is 17.1. The highest BCUT2D eigenvalue weighted by atomic mass is 35.5. The van der Waals surface area contributed by atoms with Crippen LogP contribution in [0.15, 0.2) is 18.2 Å². The van der Waals surface area contributed by atoms with E-state index >= 15 is 0 Å². The number of carboxylic acid groups (broad SMARTS) is 2. The van der Waals surface area contributed by atoms with Gasteiger partial charge >= 0.3 is 11.9 Å². The van der Waals surface area contributed by atoms with Crippen molar-refractivity contribution in [2.45, 2.75) is 117 Å². The lowest BCUT2D eigenvalue weighted by molar-refractivity contribution is -0.143. The Morgan fingerprint density at radius 2 is 1.13 bits per heavy atom. The van der Waals surface area contributed by atoms with Gasteiger partial charge in [-0.15, -0.1) is 0 Å². The minimum atomic E-state index is -1.73. The van der Waals surface area contributed by atoms with E-state index in [1.165, 1.54) is 12.1 Å². The van der Waals surface area contributed by atoms with Crippen LogP contribution in [-0.4, -0.2) is 87.8 Å². The molecule has 6 amide bonds. The molecule has 0 aromatic heterocycles. The third-order valence-corrected chi connectivity index (χ3v) is 8.45. The van der Waals surface area contributed by atoms with Crippen molar-refractivity contribution in [1.29, 1.82) is 0 Å². The average Bonchev–Trinajstić information content (AvgIpc) is 3.01. The fourth-order valence-electron chi connectivity index (χ4n) is 4.91. The van der Waals surface area contributed by atoms with Gasteiger partial charge in [0.05, 0.1) is 16.5 Å². The highest BCUT2D eigenvalue weighted by Crippen LogP contribution is 2.23. The van der Waals surface area contributed by atoms with Crippen LogP contribution in [0.3, 0.4) is 0 Å². The molecule has 0 radical (unpaired) electrons. The molecular weight excluding hydrogens is 735 g/mol. The summed E-state index contributed by atoms with van der Waals surface area (Å²) in [5, 5.41) is 32.2. The molecule has 0 aliphatic heterocycles. The van der Waals surface area contributed by atoms with Gasteiger partial charge in [-0.3, -0.25) is 33.6 Å². The Balaban J connectivity index is 3.29. The molecule has 0 aliphatic rings. The van der Waals surface area contributed by atoms with Crippen LogP contribution in [0, 0.1) is 17.3 Å². The van der Waals surface area contributed by atoms with Crippen molar-refractivity contribution in [3.8, 4) is 0 Å². The first-order valence-corrected chi connectivity index (χ1v) is 17.9. The Hall–Kier alpha value is -4.44. The molecule has 0 heterocycles. The van der Waals surface area contributed by atoms with Crippen LogP contribution < -0.4 is 32.3 Å². The number of halogens is 2. The molecule has 5 atom stereocenters. The van der Waals surface area contributed by atoms with E-state index < -0.39 is 89.4 Å². The van der Waals surface area contributed by atoms with E-state index in [0.717, 1.165) is 0 Å². The van der Waals surface area contributed by atoms with Crippen LogP contribution in [-0.2, 0) is 44.8 Å². The summed E-state index contributed by atoms with van der Waals surface area (Å²) in [6.07, 6.45) is -1.46. The van der Waals surface area contributed by atoms with Crippen LogP contribution in [0.25, 0.3) is 0 Å². The first kappa shape index (κ1) is 46.6. The normalized spacial score (nSPS) is 14.2. The van der Waals surface area contributed by atoms with Gasteiger partial charge in [-0.05, 0) is 48.8 Å². The third kappa shape index (κ3) is 17.3. The summed E-state index contributed by atoms with van der Waals surface area (Å²) >= 11 is 12.0. The maximum absolute atomic E-state index is 13.6. The number of benzene rings is 1. The molecule has 0 bridgehead atoms. The number of nitrogens with two attached hydrogens (primary N) is 1. The molecule has 296 valence electrons. The standard InChI is InChI=1S/C35H52Cl2N6O10/c1-17(2)12-23(39-29(47)22(10-11-27(38)44)43-34(53)35(5,6)7)30(48)41-25(16-28(45)46)32(50)40-24(13-18(3)4)31(49)42-26(33(51)52)15-19-8-9-20(36)21(37)14-19/h8-9,14,17-18,22-26H,10-13,15-16H2,1-7H3,(H2,38,44)(H,39,47)(H,40,50)(H,41,48)(H,42,49)(H,43,53)(H,45,46)(H,51,52)/t22-,23-,24-,25-,26-/m0/s1. The van der Waals surface area contributed by atoms with Crippen molar-refractivity contribution in [2.75, 3.05) is 0 Å². The van der Waals surface area contributed by atoms with Gasteiger partial charge in [0.25, 0.3) is 0 Å². The molecule has 0 saturated carbocycles. The third-order valence-electron chi connectivity index (χ3n) is 7.71. The van der Waals surface area contributed by atoms with E-state index in [1.54, 1.807) is 54.5 Å². The summed E-state index contributed by atoms with van der Waals surface area (Å²) in [6.45, 7) is 11.8. The zero-order chi connectivity index (χ0) is 40.8. The molecule has 0 fully saturated rings. The number of rotatable bonds is 21. The second-order valence-corrected chi connectivity index (χ2v) is 15.5. The largest absolute Gasteiger partial charge is 0.481 e. The molecule has 18 heteroatoms. The van der Waals surface area contributed by atoms with Crippen molar-refractivity contribution in [2.24, 2.45) is 23.0 Å². The Morgan fingerprint density at radius 1 is 0.679 bits per heavy atom. The Morgan fingerprint density at radius 3 is 1.55 bits per heavy atom. The van der Waals surface area contributed by atoms with Gasteiger partial charge < -0.3 is 42.5 Å². The second-order valence-electron chi connectivity index (χ2n) is 14.7. The predicted molar refractivity (Wildman–Crippen MR) is 197 cm³/mol. The lowest BCUT2D eigenvalue weighted by Gasteiger charge is -2.28. The molecule has 0 aliphatic carbocycles. The fourth-order valence-corrected chi connectivity index (χ4v) is 5.23. The van der Waals surface area contributed by atoms with Gasteiger partial charge in [-0.1, -0.05) is 77.7 Å². The minimum absolute atomic E-state index is 0.0173. The molecule has 0 spiro atoms. The van der Waals surface area contributed by atoms with Gasteiger partial charge in [0, 0.05) is 18.3 Å². The van der Waals surface area contributed by atoms with Gasteiger partial charge in [0.15, 0.2) is 0 Å². The van der Waals surface area contributed by atoms with E-state index in [9.17, 15) is 48.6 Å². The lowest BCUT2D eigenvalue weighted by Crippen LogP contribution is -2.59. The molecule has 0 unspecified atom stereocenters. The topological polar surface area (TPSA) is 263 Å². The summed E-state index contributed by atoms with van der Waals surface area (Å²) in [7, 11) is 0. The average molecular weight is 788 g/mol. The predicted octanol–water partition coefficient (Wildman–Crippen LogP) is 1.92. The number of carbonyl (C=O) groups excluding carboxylic acids is 6. The van der Waals surface area contributed by atoms with Crippen molar-refractivity contribution in [3.05, 3.63) is 33.8 Å². The van der Waals surface area contributed by atoms with E-state index in [1.807, 2.05) is 0 Å². The zero-order valence-corrected chi connectivity index (χ0v) is 32.5. The molecule has 1 aromatic carbocycles.